The van der Waals surface area contributed by atoms with Crippen molar-refractivity contribution in [2.75, 3.05) is 7.05 Å². The molecule has 1 nitrogen and oxygen atoms in total. The van der Waals surface area contributed by atoms with Crippen molar-refractivity contribution in [3.63, 3.8) is 0 Å². The minimum absolute atomic E-state index is 0.946. The molecule has 0 aliphatic heterocycles. The zero-order chi connectivity index (χ0) is 25.8. The highest BCUT2D eigenvalue weighted by Crippen LogP contribution is 2.27. The molecule has 0 aliphatic carbocycles. The molecule has 1 heteroatoms. The first-order valence-corrected chi connectivity index (χ1v) is 11.7. The second-order valence-electron chi connectivity index (χ2n) is 7.71. The van der Waals surface area contributed by atoms with Gasteiger partial charge in [0.15, 0.2) is 0 Å². The van der Waals surface area contributed by atoms with Crippen molar-refractivity contribution >= 4 is 5.57 Å². The van der Waals surface area contributed by atoms with Crippen LogP contribution in [0.2, 0.25) is 0 Å². The topological polar surface area (TPSA) is 26.0 Å². The van der Waals surface area contributed by atoms with E-state index in [2.05, 4.69) is 102 Å². The van der Waals surface area contributed by atoms with Crippen molar-refractivity contribution < 1.29 is 0 Å². The van der Waals surface area contributed by atoms with Gasteiger partial charge in [-0.3, -0.25) is 0 Å². The minimum Gasteiger partial charge on any atom is -0.333 e. The van der Waals surface area contributed by atoms with Gasteiger partial charge in [-0.15, -0.1) is 13.2 Å². The van der Waals surface area contributed by atoms with E-state index in [1.54, 1.807) is 6.08 Å². The Hall–Kier alpha value is -2.90. The number of benzene rings is 2. The van der Waals surface area contributed by atoms with E-state index in [1.807, 2.05) is 26.0 Å². The normalized spacial score (nSPS) is 9.64. The monoisotopic (exact) mass is 445 g/mol. The van der Waals surface area contributed by atoms with E-state index in [4.69, 9.17) is 0 Å². The van der Waals surface area contributed by atoms with Crippen LogP contribution < -0.4 is 5.73 Å². The summed E-state index contributed by atoms with van der Waals surface area (Å²) in [4.78, 5) is 0. The second-order valence-corrected chi connectivity index (χ2v) is 7.71. The number of hydrogen-bond acceptors (Lipinski definition) is 1. The third-order valence-electron chi connectivity index (χ3n) is 4.94. The fraction of sp³-hybridized carbons (Fsp3) is 0.312. The molecule has 0 saturated heterocycles. The van der Waals surface area contributed by atoms with Gasteiger partial charge >= 0.3 is 0 Å². The van der Waals surface area contributed by atoms with Crippen LogP contribution in [0, 0.1) is 13.8 Å². The fourth-order valence-electron chi connectivity index (χ4n) is 3.36. The summed E-state index contributed by atoms with van der Waals surface area (Å²) in [6, 6.07) is 13.6. The molecule has 0 amide bonds. The lowest BCUT2D eigenvalue weighted by Gasteiger charge is -2.16. The van der Waals surface area contributed by atoms with Crippen LogP contribution in [0.3, 0.4) is 0 Å². The van der Waals surface area contributed by atoms with Gasteiger partial charge in [-0.1, -0.05) is 98.8 Å². The Balaban J connectivity index is 0. The van der Waals surface area contributed by atoms with Gasteiger partial charge in [-0.25, -0.2) is 0 Å². The molecule has 2 aromatic rings. The van der Waals surface area contributed by atoms with Crippen molar-refractivity contribution in [2.24, 2.45) is 5.73 Å². The van der Waals surface area contributed by atoms with Gasteiger partial charge < -0.3 is 5.73 Å². The number of rotatable bonds is 7. The van der Waals surface area contributed by atoms with E-state index < -0.39 is 0 Å². The first kappa shape index (κ1) is 32.3. The summed E-state index contributed by atoms with van der Waals surface area (Å²) in [6.45, 7) is 26.4. The van der Waals surface area contributed by atoms with Gasteiger partial charge in [0, 0.05) is 0 Å². The molecule has 0 spiro atoms. The molecular formula is C32H47N. The smallest absolute Gasteiger partial charge is 0.00197 e. The Morgan fingerprint density at radius 1 is 0.818 bits per heavy atom. The zero-order valence-corrected chi connectivity index (χ0v) is 22.3. The second kappa shape index (κ2) is 19.8. The Morgan fingerprint density at radius 2 is 1.30 bits per heavy atom. The summed E-state index contributed by atoms with van der Waals surface area (Å²) in [5.41, 5.74) is 15.5. The fourth-order valence-corrected chi connectivity index (χ4v) is 3.36. The average Bonchev–Trinajstić information content (AvgIpc) is 2.83. The maximum absolute atomic E-state index is 4.50. The van der Waals surface area contributed by atoms with Crippen LogP contribution in [0.1, 0.15) is 61.1 Å². The van der Waals surface area contributed by atoms with E-state index >= 15 is 0 Å². The quantitative estimate of drug-likeness (QED) is 0.334. The van der Waals surface area contributed by atoms with Gasteiger partial charge in [0.1, 0.15) is 0 Å². The van der Waals surface area contributed by atoms with Gasteiger partial charge in [0.05, 0.1) is 0 Å². The lowest BCUT2D eigenvalue weighted by atomic mass is 9.89. The largest absolute Gasteiger partial charge is 0.333 e. The van der Waals surface area contributed by atoms with Crippen LogP contribution in [-0.2, 0) is 19.3 Å². The number of allylic oxidation sites excluding steroid dienone is 6. The Kier molecular flexibility index (Phi) is 19.3. The summed E-state index contributed by atoms with van der Waals surface area (Å²) >= 11 is 0. The predicted octanol–water partition coefficient (Wildman–Crippen LogP) is 8.76. The van der Waals surface area contributed by atoms with E-state index in [0.717, 1.165) is 19.3 Å². The summed E-state index contributed by atoms with van der Waals surface area (Å²) < 4.78 is 0. The lowest BCUT2D eigenvalue weighted by molar-refractivity contribution is 1.03. The third-order valence-corrected chi connectivity index (χ3v) is 4.94. The molecule has 180 valence electrons. The van der Waals surface area contributed by atoms with Crippen LogP contribution >= 0.6 is 0 Å². The van der Waals surface area contributed by atoms with Crippen LogP contribution in [0.25, 0.3) is 5.57 Å². The maximum atomic E-state index is 4.50. The molecule has 0 atom stereocenters. The lowest BCUT2D eigenvalue weighted by Crippen LogP contribution is -1.99. The molecular weight excluding hydrogens is 398 g/mol. The first-order valence-electron chi connectivity index (χ1n) is 11.7. The van der Waals surface area contributed by atoms with Gasteiger partial charge in [-0.05, 0) is 87.4 Å². The predicted molar refractivity (Wildman–Crippen MR) is 154 cm³/mol. The average molecular weight is 446 g/mol. The zero-order valence-electron chi connectivity index (χ0n) is 22.3. The van der Waals surface area contributed by atoms with E-state index in [9.17, 15) is 0 Å². The molecule has 0 bridgehead atoms. The van der Waals surface area contributed by atoms with Crippen molar-refractivity contribution in [3.8, 4) is 0 Å². The van der Waals surface area contributed by atoms with E-state index in [-0.39, 0.29) is 0 Å². The highest BCUT2D eigenvalue weighted by Gasteiger charge is 2.10. The molecule has 0 heterocycles. The highest BCUT2D eigenvalue weighted by atomic mass is 14.4. The summed E-state index contributed by atoms with van der Waals surface area (Å²) in [5, 5.41) is 0. The SMILES string of the molecule is C=C.C=C/C=C(/Cc1ccc(C)cc1)c1cc(CC)c(CC)cc1C.C=CC=C(C)C.CN. The molecule has 2 rings (SSSR count). The van der Waals surface area contributed by atoms with Crippen LogP contribution in [0.4, 0.5) is 0 Å². The third kappa shape index (κ3) is 12.7. The Labute approximate surface area is 205 Å². The van der Waals surface area contributed by atoms with Crippen molar-refractivity contribution in [3.05, 3.63) is 126 Å². The number of hydrogen-bond donors (Lipinski definition) is 1. The highest BCUT2D eigenvalue weighted by molar-refractivity contribution is 5.72. The van der Waals surface area contributed by atoms with Crippen molar-refractivity contribution in [1.29, 1.82) is 0 Å². The van der Waals surface area contributed by atoms with Crippen LogP contribution in [-0.4, -0.2) is 7.05 Å². The molecule has 0 unspecified atom stereocenters. The molecule has 0 radical (unpaired) electrons. The number of aryl methyl sites for hydroxylation is 4. The molecule has 0 saturated carbocycles. The van der Waals surface area contributed by atoms with Gasteiger partial charge in [0.2, 0.25) is 0 Å². The van der Waals surface area contributed by atoms with Gasteiger partial charge in [0.25, 0.3) is 0 Å². The van der Waals surface area contributed by atoms with Crippen molar-refractivity contribution in [1.82, 2.24) is 0 Å². The summed E-state index contributed by atoms with van der Waals surface area (Å²) in [5.74, 6) is 0. The molecule has 2 N–H and O–H groups in total. The molecule has 0 fully saturated rings. The Bertz CT molecular complexity index is 875. The minimum atomic E-state index is 0.946. The first-order chi connectivity index (χ1) is 15.9. The summed E-state index contributed by atoms with van der Waals surface area (Å²) in [7, 11) is 1.50. The van der Waals surface area contributed by atoms with Gasteiger partial charge in [-0.2, -0.15) is 0 Å². The van der Waals surface area contributed by atoms with Crippen molar-refractivity contribution in [2.45, 2.75) is 60.8 Å². The summed E-state index contributed by atoms with van der Waals surface area (Å²) in [6.07, 6.45) is 11.0. The van der Waals surface area contributed by atoms with E-state index in [0.29, 0.717) is 0 Å². The maximum Gasteiger partial charge on any atom is -0.00197 e. The Morgan fingerprint density at radius 3 is 1.70 bits per heavy atom. The standard InChI is InChI=1S/C23H28.C6H10.C2H4.CH5N/c1-6-9-22(15-19-12-10-17(4)11-13-19)23-16-21(8-3)20(7-2)14-18(23)5;1-4-5-6(2)3;2*1-2/h6,9-14,16H,1,7-8,15H2,2-5H3;4-5H,1H2,2-3H3;1-2H2;2H2,1H3/b22-9-;;;. The van der Waals surface area contributed by atoms with Crippen LogP contribution in [0.15, 0.2) is 92.6 Å². The molecule has 2 aromatic carbocycles. The number of nitrogens with two attached hydrogens (primary N) is 1. The molecule has 0 aromatic heterocycles. The van der Waals surface area contributed by atoms with E-state index in [1.165, 1.54) is 51.6 Å². The molecule has 33 heavy (non-hydrogen) atoms. The molecule has 0 aliphatic rings. The van der Waals surface area contributed by atoms with Crippen LogP contribution in [0.5, 0.6) is 0 Å².